The molecule has 0 unspecified atom stereocenters. The van der Waals surface area contributed by atoms with Gasteiger partial charge in [0.15, 0.2) is 8.83 Å². The van der Waals surface area contributed by atoms with Gasteiger partial charge in [-0.05, 0) is 23.2 Å². The lowest BCUT2D eigenvalue weighted by molar-refractivity contribution is 1.47. The van der Waals surface area contributed by atoms with Gasteiger partial charge in [0.05, 0.1) is 0 Å². The summed E-state index contributed by atoms with van der Waals surface area (Å²) in [5, 5.41) is 1.32. The van der Waals surface area contributed by atoms with Crippen LogP contribution in [0, 0.1) is 6.92 Å². The van der Waals surface area contributed by atoms with Gasteiger partial charge in [0.25, 0.3) is 0 Å². The molecule has 0 bridgehead atoms. The van der Waals surface area contributed by atoms with Crippen LogP contribution in [0.15, 0.2) is 48.5 Å². The molecule has 2 heteroatoms. The van der Waals surface area contributed by atoms with Crippen molar-refractivity contribution in [1.82, 2.24) is 0 Å². The summed E-state index contributed by atoms with van der Waals surface area (Å²) in [6.07, 6.45) is 0. The van der Waals surface area contributed by atoms with Crippen LogP contribution in [-0.2, 0) is 0 Å². The normalized spacial score (nSPS) is 11.1. The van der Waals surface area contributed by atoms with Crippen molar-refractivity contribution >= 4 is 25.1 Å². The molecule has 2 aromatic rings. The van der Waals surface area contributed by atoms with E-state index in [4.69, 9.17) is 11.1 Å². The summed E-state index contributed by atoms with van der Waals surface area (Å²) < 4.78 is 0. The Labute approximate surface area is 97.4 Å². The van der Waals surface area contributed by atoms with Gasteiger partial charge < -0.3 is 0 Å². The molecule has 0 saturated carbocycles. The molecule has 0 aliphatic heterocycles. The molecule has 0 aliphatic rings. The number of hydrogen-bond donors (Lipinski definition) is 0. The molecule has 0 N–H and O–H groups in total. The second-order valence-electron chi connectivity index (χ2n) is 3.66. The van der Waals surface area contributed by atoms with Gasteiger partial charge in [0.1, 0.15) is 0 Å². The van der Waals surface area contributed by atoms with Crippen LogP contribution in [0.2, 0.25) is 0 Å². The Hall–Kier alpha value is -1.05. The van der Waals surface area contributed by atoms with Crippen LogP contribution in [-0.4, -0.2) is 8.83 Å². The van der Waals surface area contributed by atoms with Crippen LogP contribution in [0.4, 0.5) is 0 Å². The van der Waals surface area contributed by atoms with E-state index in [-0.39, 0.29) is 0 Å². The molecule has 76 valence electrons. The molecule has 0 amide bonds. The van der Waals surface area contributed by atoms with Crippen molar-refractivity contribution in [2.75, 3.05) is 0 Å². The summed E-state index contributed by atoms with van der Waals surface area (Å²) >= 11 is 6.05. The average molecular weight is 233 g/mol. The van der Waals surface area contributed by atoms with Gasteiger partial charge in [-0.1, -0.05) is 54.1 Å². The Morgan fingerprint density at radius 1 is 0.933 bits per heavy atom. The smallest absolute Gasteiger partial charge is 0.156 e. The van der Waals surface area contributed by atoms with Crippen LogP contribution in [0.3, 0.4) is 0 Å². The zero-order chi connectivity index (χ0) is 10.7. The summed E-state index contributed by atoms with van der Waals surface area (Å²) in [7, 11) is -0.619. The number of rotatable bonds is 2. The van der Waals surface area contributed by atoms with E-state index in [0.29, 0.717) is 0 Å². The molecule has 0 aromatic heterocycles. The summed E-state index contributed by atoms with van der Waals surface area (Å²) in [6, 6.07) is 17.0. The molecular weight excluding hydrogens is 220 g/mol. The average Bonchev–Trinajstić information content (AvgIpc) is 2.30. The van der Waals surface area contributed by atoms with Crippen LogP contribution < -0.4 is 5.19 Å². The Morgan fingerprint density at radius 3 is 2.27 bits per heavy atom. The third-order valence-electron chi connectivity index (χ3n) is 2.52. The van der Waals surface area contributed by atoms with E-state index in [2.05, 4.69) is 55.5 Å². The van der Waals surface area contributed by atoms with Crippen LogP contribution >= 0.6 is 11.1 Å². The first-order chi connectivity index (χ1) is 7.31. The quantitative estimate of drug-likeness (QED) is 0.552. The Morgan fingerprint density at radius 2 is 1.60 bits per heavy atom. The first-order valence-corrected chi connectivity index (χ1v) is 7.86. The molecule has 0 radical (unpaired) electrons. The van der Waals surface area contributed by atoms with Crippen molar-refractivity contribution in [3.63, 3.8) is 0 Å². The highest BCUT2D eigenvalue weighted by Crippen LogP contribution is 2.17. The van der Waals surface area contributed by atoms with E-state index in [1.807, 2.05) is 0 Å². The predicted molar refractivity (Wildman–Crippen MR) is 70.6 cm³/mol. The van der Waals surface area contributed by atoms with Crippen LogP contribution in [0.5, 0.6) is 0 Å². The molecule has 0 fully saturated rings. The fourth-order valence-corrected chi connectivity index (χ4v) is 3.04. The monoisotopic (exact) mass is 232 g/mol. The molecule has 0 aliphatic carbocycles. The highest BCUT2D eigenvalue weighted by molar-refractivity contribution is 7.01. The largest absolute Gasteiger partial charge is 0.170 e. The zero-order valence-electron chi connectivity index (χ0n) is 8.70. The molecule has 0 atom stereocenters. The molecule has 0 saturated heterocycles. The van der Waals surface area contributed by atoms with Gasteiger partial charge >= 0.3 is 0 Å². The highest BCUT2D eigenvalue weighted by Gasteiger charge is 2.02. The molecular formula is C13H13ClSi. The summed E-state index contributed by atoms with van der Waals surface area (Å²) in [5.74, 6) is 0. The van der Waals surface area contributed by atoms with E-state index >= 15 is 0 Å². The lowest BCUT2D eigenvalue weighted by atomic mass is 10.0. The first kappa shape index (κ1) is 10.5. The number of halogens is 1. The maximum absolute atomic E-state index is 6.05. The van der Waals surface area contributed by atoms with Crippen molar-refractivity contribution in [1.29, 1.82) is 0 Å². The van der Waals surface area contributed by atoms with E-state index in [1.165, 1.54) is 21.9 Å². The molecule has 2 rings (SSSR count). The van der Waals surface area contributed by atoms with Gasteiger partial charge in [-0.3, -0.25) is 0 Å². The SMILES string of the molecule is Cc1ccc(-c2ccccc2[SiH2]Cl)cc1. The summed E-state index contributed by atoms with van der Waals surface area (Å²) in [6.45, 7) is 2.10. The summed E-state index contributed by atoms with van der Waals surface area (Å²) in [5.41, 5.74) is 3.85. The van der Waals surface area contributed by atoms with Gasteiger partial charge in [0, 0.05) is 0 Å². The standard InChI is InChI=1S/C13H13ClSi/c1-10-6-8-11(9-7-10)12-4-2-3-5-13(12)15-14/h2-9H,15H2,1H3. The summed E-state index contributed by atoms with van der Waals surface area (Å²) in [4.78, 5) is 0. The molecule has 0 heterocycles. The second kappa shape index (κ2) is 4.64. The maximum atomic E-state index is 6.05. The Kier molecular flexibility index (Phi) is 3.24. The third kappa shape index (κ3) is 2.30. The minimum absolute atomic E-state index is 0.619. The Balaban J connectivity index is 2.49. The maximum Gasteiger partial charge on any atom is 0.156 e. The van der Waals surface area contributed by atoms with Gasteiger partial charge in [-0.25, -0.2) is 0 Å². The first-order valence-electron chi connectivity index (χ1n) is 5.02. The molecule has 15 heavy (non-hydrogen) atoms. The fraction of sp³-hybridized carbons (Fsp3) is 0.0769. The second-order valence-corrected chi connectivity index (χ2v) is 5.49. The lowest BCUT2D eigenvalue weighted by Crippen LogP contribution is -2.11. The minimum Gasteiger partial charge on any atom is -0.170 e. The zero-order valence-corrected chi connectivity index (χ0v) is 10.9. The minimum atomic E-state index is -0.619. The van der Waals surface area contributed by atoms with Crippen molar-refractivity contribution in [3.8, 4) is 11.1 Å². The molecule has 0 spiro atoms. The number of benzene rings is 2. The molecule has 2 aromatic carbocycles. The van der Waals surface area contributed by atoms with Crippen molar-refractivity contribution in [3.05, 3.63) is 54.1 Å². The third-order valence-corrected chi connectivity index (χ3v) is 4.29. The Bertz CT molecular complexity index is 448. The van der Waals surface area contributed by atoms with Crippen molar-refractivity contribution in [2.24, 2.45) is 0 Å². The highest BCUT2D eigenvalue weighted by atomic mass is 35.6. The fourth-order valence-electron chi connectivity index (χ4n) is 1.65. The van der Waals surface area contributed by atoms with Crippen molar-refractivity contribution < 1.29 is 0 Å². The van der Waals surface area contributed by atoms with Gasteiger partial charge in [-0.2, -0.15) is 11.1 Å². The van der Waals surface area contributed by atoms with E-state index in [9.17, 15) is 0 Å². The predicted octanol–water partition coefficient (Wildman–Crippen LogP) is 2.61. The van der Waals surface area contributed by atoms with E-state index < -0.39 is 8.83 Å². The molecule has 0 nitrogen and oxygen atoms in total. The van der Waals surface area contributed by atoms with Crippen molar-refractivity contribution in [2.45, 2.75) is 6.92 Å². The van der Waals surface area contributed by atoms with E-state index in [1.54, 1.807) is 0 Å². The number of hydrogen-bond acceptors (Lipinski definition) is 0. The van der Waals surface area contributed by atoms with Crippen LogP contribution in [0.25, 0.3) is 11.1 Å². The van der Waals surface area contributed by atoms with E-state index in [0.717, 1.165) is 0 Å². The number of aryl methyl sites for hydroxylation is 1. The van der Waals surface area contributed by atoms with Gasteiger partial charge in [-0.15, -0.1) is 0 Å². The topological polar surface area (TPSA) is 0 Å². The van der Waals surface area contributed by atoms with Crippen LogP contribution in [0.1, 0.15) is 5.56 Å². The lowest BCUT2D eigenvalue weighted by Gasteiger charge is -2.06. The van der Waals surface area contributed by atoms with Gasteiger partial charge in [0.2, 0.25) is 0 Å².